The lowest BCUT2D eigenvalue weighted by atomic mass is 9.91. The third-order valence-corrected chi connectivity index (χ3v) is 3.53. The van der Waals surface area contributed by atoms with Gasteiger partial charge < -0.3 is 15.5 Å². The van der Waals surface area contributed by atoms with Gasteiger partial charge in [0.25, 0.3) is 0 Å². The first-order valence-corrected chi connectivity index (χ1v) is 6.41. The van der Waals surface area contributed by atoms with Crippen molar-refractivity contribution in [1.29, 1.82) is 0 Å². The first kappa shape index (κ1) is 12.6. The van der Waals surface area contributed by atoms with Crippen LogP contribution in [0, 0.1) is 0 Å². The van der Waals surface area contributed by atoms with Crippen LogP contribution >= 0.6 is 0 Å². The number of hydrogen-bond donors (Lipinski definition) is 3. The zero-order chi connectivity index (χ0) is 12.1. The highest BCUT2D eigenvalue weighted by Crippen LogP contribution is 2.22. The molecular formula is C14H21NO2. The third-order valence-electron chi connectivity index (χ3n) is 3.53. The molecule has 0 bridgehead atoms. The molecule has 1 aliphatic rings. The standard InChI is InChI=1S/C14H21NO2/c16-10-13(11-6-2-1-3-7-11)15-12-8-4-5-9-14(12)17/h1-3,6-7,12-17H,4-5,8-10H2/t12-,13?,14-/m0/s1. The molecule has 1 saturated carbocycles. The van der Waals surface area contributed by atoms with Crippen LogP contribution in [0.25, 0.3) is 0 Å². The first-order valence-electron chi connectivity index (χ1n) is 6.41. The molecule has 1 fully saturated rings. The Kier molecular flexibility index (Phi) is 4.54. The van der Waals surface area contributed by atoms with Crippen LogP contribution in [0.5, 0.6) is 0 Å². The summed E-state index contributed by atoms with van der Waals surface area (Å²) in [6.07, 6.45) is 3.84. The van der Waals surface area contributed by atoms with E-state index in [1.54, 1.807) is 0 Å². The van der Waals surface area contributed by atoms with E-state index < -0.39 is 0 Å². The number of nitrogens with one attached hydrogen (secondary N) is 1. The van der Waals surface area contributed by atoms with Gasteiger partial charge >= 0.3 is 0 Å². The molecule has 0 radical (unpaired) electrons. The van der Waals surface area contributed by atoms with Crippen LogP contribution in [-0.2, 0) is 0 Å². The summed E-state index contributed by atoms with van der Waals surface area (Å²) in [6, 6.07) is 9.95. The molecule has 3 N–H and O–H groups in total. The molecular weight excluding hydrogens is 214 g/mol. The van der Waals surface area contributed by atoms with Crippen molar-refractivity contribution in [2.24, 2.45) is 0 Å². The van der Waals surface area contributed by atoms with E-state index in [-0.39, 0.29) is 24.8 Å². The van der Waals surface area contributed by atoms with Crippen molar-refractivity contribution >= 4 is 0 Å². The van der Waals surface area contributed by atoms with E-state index in [0.29, 0.717) is 0 Å². The summed E-state index contributed by atoms with van der Waals surface area (Å²) in [7, 11) is 0. The number of aliphatic hydroxyl groups excluding tert-OH is 2. The van der Waals surface area contributed by atoms with Crippen molar-refractivity contribution < 1.29 is 10.2 Å². The second kappa shape index (κ2) is 6.15. The van der Waals surface area contributed by atoms with E-state index in [1.165, 1.54) is 0 Å². The molecule has 0 saturated heterocycles. The lowest BCUT2D eigenvalue weighted by Gasteiger charge is -2.32. The van der Waals surface area contributed by atoms with Gasteiger partial charge in [0.15, 0.2) is 0 Å². The minimum absolute atomic E-state index is 0.0627. The topological polar surface area (TPSA) is 52.5 Å². The Morgan fingerprint density at radius 1 is 1.18 bits per heavy atom. The maximum Gasteiger partial charge on any atom is 0.0693 e. The van der Waals surface area contributed by atoms with Crippen molar-refractivity contribution in [3.63, 3.8) is 0 Å². The zero-order valence-corrected chi connectivity index (χ0v) is 10.0. The molecule has 3 atom stereocenters. The van der Waals surface area contributed by atoms with Gasteiger partial charge in [0.05, 0.1) is 18.8 Å². The van der Waals surface area contributed by atoms with Gasteiger partial charge in [-0.15, -0.1) is 0 Å². The SMILES string of the molecule is OCC(N[C@H]1CCCC[C@@H]1O)c1ccccc1. The molecule has 0 heterocycles. The number of hydrogen-bond acceptors (Lipinski definition) is 3. The van der Waals surface area contributed by atoms with Gasteiger partial charge in [0.2, 0.25) is 0 Å². The molecule has 1 aliphatic carbocycles. The second-order valence-electron chi connectivity index (χ2n) is 4.77. The van der Waals surface area contributed by atoms with Crippen molar-refractivity contribution in [2.45, 2.75) is 43.9 Å². The van der Waals surface area contributed by atoms with Gasteiger partial charge in [-0.1, -0.05) is 43.2 Å². The minimum Gasteiger partial charge on any atom is -0.394 e. The van der Waals surface area contributed by atoms with Crippen molar-refractivity contribution in [1.82, 2.24) is 5.32 Å². The fraction of sp³-hybridized carbons (Fsp3) is 0.571. The zero-order valence-electron chi connectivity index (χ0n) is 10.0. The average molecular weight is 235 g/mol. The molecule has 0 aromatic heterocycles. The largest absolute Gasteiger partial charge is 0.394 e. The van der Waals surface area contributed by atoms with E-state index in [0.717, 1.165) is 31.2 Å². The molecule has 1 aromatic rings. The highest BCUT2D eigenvalue weighted by atomic mass is 16.3. The maximum atomic E-state index is 9.92. The van der Waals surface area contributed by atoms with Crippen LogP contribution in [0.1, 0.15) is 37.3 Å². The summed E-state index contributed by atoms with van der Waals surface area (Å²) in [5.74, 6) is 0. The van der Waals surface area contributed by atoms with Gasteiger partial charge in [-0.2, -0.15) is 0 Å². The van der Waals surface area contributed by atoms with Crippen LogP contribution < -0.4 is 5.32 Å². The van der Waals surface area contributed by atoms with Crippen LogP contribution in [0.3, 0.4) is 0 Å². The lowest BCUT2D eigenvalue weighted by molar-refractivity contribution is 0.0784. The van der Waals surface area contributed by atoms with E-state index in [4.69, 9.17) is 0 Å². The average Bonchev–Trinajstić information content (AvgIpc) is 2.39. The van der Waals surface area contributed by atoms with Gasteiger partial charge in [-0.05, 0) is 18.4 Å². The van der Waals surface area contributed by atoms with E-state index in [2.05, 4.69) is 5.32 Å². The van der Waals surface area contributed by atoms with Crippen LogP contribution in [0.4, 0.5) is 0 Å². The molecule has 17 heavy (non-hydrogen) atoms. The second-order valence-corrected chi connectivity index (χ2v) is 4.77. The predicted octanol–water partition coefficient (Wildman–Crippen LogP) is 1.61. The van der Waals surface area contributed by atoms with E-state index in [9.17, 15) is 10.2 Å². The summed E-state index contributed by atoms with van der Waals surface area (Å²) < 4.78 is 0. The van der Waals surface area contributed by atoms with Crippen LogP contribution in [-0.4, -0.2) is 29.0 Å². The lowest BCUT2D eigenvalue weighted by Crippen LogP contribution is -2.44. The highest BCUT2D eigenvalue weighted by Gasteiger charge is 2.25. The number of benzene rings is 1. The van der Waals surface area contributed by atoms with Crippen molar-refractivity contribution in [3.05, 3.63) is 35.9 Å². The summed E-state index contributed by atoms with van der Waals surface area (Å²) in [6.45, 7) is 0.0627. The quantitative estimate of drug-likeness (QED) is 0.743. The summed E-state index contributed by atoms with van der Waals surface area (Å²) in [4.78, 5) is 0. The third kappa shape index (κ3) is 3.28. The monoisotopic (exact) mass is 235 g/mol. The number of aliphatic hydroxyl groups is 2. The highest BCUT2D eigenvalue weighted by molar-refractivity contribution is 5.19. The Morgan fingerprint density at radius 2 is 1.88 bits per heavy atom. The fourth-order valence-corrected chi connectivity index (χ4v) is 2.50. The Bertz CT molecular complexity index is 328. The first-order chi connectivity index (χ1) is 8.31. The molecule has 1 aromatic carbocycles. The van der Waals surface area contributed by atoms with Gasteiger partial charge in [0.1, 0.15) is 0 Å². The van der Waals surface area contributed by atoms with Crippen LogP contribution in [0.2, 0.25) is 0 Å². The molecule has 94 valence electrons. The van der Waals surface area contributed by atoms with Gasteiger partial charge in [-0.25, -0.2) is 0 Å². The Labute approximate surface area is 102 Å². The molecule has 0 spiro atoms. The molecule has 0 aliphatic heterocycles. The Hall–Kier alpha value is -0.900. The van der Waals surface area contributed by atoms with Crippen molar-refractivity contribution in [3.8, 4) is 0 Å². The predicted molar refractivity (Wildman–Crippen MR) is 67.7 cm³/mol. The number of rotatable bonds is 4. The minimum atomic E-state index is -0.276. The Morgan fingerprint density at radius 3 is 2.53 bits per heavy atom. The molecule has 1 unspecified atom stereocenters. The normalized spacial score (nSPS) is 26.7. The molecule has 0 amide bonds. The summed E-state index contributed by atoms with van der Waals surface area (Å²) in [5.41, 5.74) is 1.08. The van der Waals surface area contributed by atoms with E-state index >= 15 is 0 Å². The van der Waals surface area contributed by atoms with Crippen LogP contribution in [0.15, 0.2) is 30.3 Å². The molecule has 3 heteroatoms. The smallest absolute Gasteiger partial charge is 0.0693 e. The van der Waals surface area contributed by atoms with Gasteiger partial charge in [-0.3, -0.25) is 0 Å². The molecule has 2 rings (SSSR count). The van der Waals surface area contributed by atoms with Gasteiger partial charge in [0, 0.05) is 6.04 Å². The molecule has 3 nitrogen and oxygen atoms in total. The summed E-state index contributed by atoms with van der Waals surface area (Å²) in [5, 5.41) is 22.7. The summed E-state index contributed by atoms with van der Waals surface area (Å²) >= 11 is 0. The van der Waals surface area contributed by atoms with E-state index in [1.807, 2.05) is 30.3 Å². The fourth-order valence-electron chi connectivity index (χ4n) is 2.50. The van der Waals surface area contributed by atoms with Crippen molar-refractivity contribution in [2.75, 3.05) is 6.61 Å². The maximum absolute atomic E-state index is 9.92. The Balaban J connectivity index is 1.99.